The highest BCUT2D eigenvalue weighted by molar-refractivity contribution is 5.37. The molecule has 0 saturated heterocycles. The zero-order chi connectivity index (χ0) is 15.4. The second-order valence-electron chi connectivity index (χ2n) is 5.64. The van der Waals surface area contributed by atoms with Crippen LogP contribution in [0, 0.1) is 11.7 Å². The van der Waals surface area contributed by atoms with Crippen LogP contribution in [-0.4, -0.2) is 12.2 Å². The van der Waals surface area contributed by atoms with Crippen molar-refractivity contribution in [1.82, 2.24) is 0 Å². The van der Waals surface area contributed by atoms with E-state index in [1.807, 2.05) is 18.2 Å². The third-order valence-electron chi connectivity index (χ3n) is 3.40. The van der Waals surface area contributed by atoms with Crippen LogP contribution in [0.25, 0.3) is 0 Å². The van der Waals surface area contributed by atoms with E-state index < -0.39 is 11.9 Å². The minimum atomic E-state index is -0.786. The van der Waals surface area contributed by atoms with Crippen LogP contribution >= 0.6 is 0 Å². The van der Waals surface area contributed by atoms with Crippen molar-refractivity contribution < 1.29 is 14.2 Å². The molecule has 2 aromatic rings. The molecule has 0 amide bonds. The lowest BCUT2D eigenvalue weighted by atomic mass is 9.96. The van der Waals surface area contributed by atoms with Gasteiger partial charge in [0.15, 0.2) is 11.6 Å². The monoisotopic (exact) mass is 288 g/mol. The van der Waals surface area contributed by atoms with Crippen LogP contribution in [0.15, 0.2) is 42.5 Å². The molecule has 2 aromatic carbocycles. The Morgan fingerprint density at radius 2 is 1.81 bits per heavy atom. The molecule has 0 radical (unpaired) electrons. The zero-order valence-electron chi connectivity index (χ0n) is 12.6. The van der Waals surface area contributed by atoms with Gasteiger partial charge in [-0.1, -0.05) is 44.2 Å². The summed E-state index contributed by atoms with van der Waals surface area (Å²) in [7, 11) is 1.41. The smallest absolute Gasteiger partial charge is 0.165 e. The van der Waals surface area contributed by atoms with E-state index in [0.717, 1.165) is 12.0 Å². The van der Waals surface area contributed by atoms with Gasteiger partial charge in [-0.05, 0) is 41.2 Å². The van der Waals surface area contributed by atoms with Crippen molar-refractivity contribution in [3.63, 3.8) is 0 Å². The number of halogens is 1. The molecule has 0 aromatic heterocycles. The summed E-state index contributed by atoms with van der Waals surface area (Å²) in [6.07, 6.45) is 0.180. The van der Waals surface area contributed by atoms with Crippen LogP contribution in [0.1, 0.15) is 36.6 Å². The van der Waals surface area contributed by atoms with Gasteiger partial charge < -0.3 is 9.84 Å². The number of aliphatic hydroxyl groups excluding tert-OH is 1. The van der Waals surface area contributed by atoms with Crippen LogP contribution < -0.4 is 4.74 Å². The molecule has 0 spiro atoms. The van der Waals surface area contributed by atoms with E-state index in [4.69, 9.17) is 4.74 Å². The molecule has 1 N–H and O–H groups in total. The lowest BCUT2D eigenvalue weighted by Gasteiger charge is -2.15. The van der Waals surface area contributed by atoms with Gasteiger partial charge in [-0.3, -0.25) is 0 Å². The number of rotatable bonds is 5. The summed E-state index contributed by atoms with van der Waals surface area (Å²) in [6.45, 7) is 4.32. The molecule has 112 valence electrons. The standard InChI is InChI=1S/C18H21FO2/c1-12(2)9-13-5-4-6-14(10-13)18(20)15-7-8-16(19)17(11-15)21-3/h4-8,10-12,18,20H,9H2,1-3H3. The van der Waals surface area contributed by atoms with Gasteiger partial charge in [0.25, 0.3) is 0 Å². The summed E-state index contributed by atoms with van der Waals surface area (Å²) in [5.41, 5.74) is 2.62. The van der Waals surface area contributed by atoms with E-state index in [0.29, 0.717) is 11.5 Å². The molecular weight excluding hydrogens is 267 g/mol. The third-order valence-corrected chi connectivity index (χ3v) is 3.40. The molecule has 2 nitrogen and oxygen atoms in total. The van der Waals surface area contributed by atoms with Crippen molar-refractivity contribution in [2.45, 2.75) is 26.4 Å². The first-order valence-corrected chi connectivity index (χ1v) is 7.11. The Morgan fingerprint density at radius 1 is 1.10 bits per heavy atom. The fourth-order valence-electron chi connectivity index (χ4n) is 2.40. The number of benzene rings is 2. The molecule has 3 heteroatoms. The second kappa shape index (κ2) is 6.72. The van der Waals surface area contributed by atoms with Gasteiger partial charge in [0, 0.05) is 0 Å². The van der Waals surface area contributed by atoms with Crippen molar-refractivity contribution in [3.8, 4) is 5.75 Å². The van der Waals surface area contributed by atoms with Gasteiger partial charge in [0.05, 0.1) is 7.11 Å². The highest BCUT2D eigenvalue weighted by Gasteiger charge is 2.14. The average Bonchev–Trinajstić information content (AvgIpc) is 2.46. The molecule has 0 saturated carbocycles. The van der Waals surface area contributed by atoms with Crippen LogP contribution in [0.4, 0.5) is 4.39 Å². The summed E-state index contributed by atoms with van der Waals surface area (Å²) in [4.78, 5) is 0. The lowest BCUT2D eigenvalue weighted by molar-refractivity contribution is 0.219. The van der Waals surface area contributed by atoms with E-state index in [2.05, 4.69) is 19.9 Å². The first-order chi connectivity index (χ1) is 10.0. The molecule has 0 fully saturated rings. The van der Waals surface area contributed by atoms with E-state index >= 15 is 0 Å². The molecule has 0 aliphatic heterocycles. The fourth-order valence-corrected chi connectivity index (χ4v) is 2.40. The first kappa shape index (κ1) is 15.5. The Kier molecular flexibility index (Phi) is 4.97. The molecule has 0 heterocycles. The maximum Gasteiger partial charge on any atom is 0.165 e. The van der Waals surface area contributed by atoms with Gasteiger partial charge >= 0.3 is 0 Å². The Morgan fingerprint density at radius 3 is 2.48 bits per heavy atom. The quantitative estimate of drug-likeness (QED) is 0.897. The number of hydrogen-bond donors (Lipinski definition) is 1. The molecule has 1 unspecified atom stereocenters. The van der Waals surface area contributed by atoms with Gasteiger partial charge in [0.2, 0.25) is 0 Å². The van der Waals surface area contributed by atoms with Crippen molar-refractivity contribution in [2.24, 2.45) is 5.92 Å². The van der Waals surface area contributed by atoms with Crippen molar-refractivity contribution in [1.29, 1.82) is 0 Å². The number of ether oxygens (including phenoxy) is 1. The van der Waals surface area contributed by atoms with Crippen LogP contribution in [0.5, 0.6) is 5.75 Å². The molecule has 0 aliphatic rings. The maximum atomic E-state index is 13.4. The fraction of sp³-hybridized carbons (Fsp3) is 0.333. The number of methoxy groups -OCH3 is 1. The summed E-state index contributed by atoms with van der Waals surface area (Å²) in [6, 6.07) is 12.3. The van der Waals surface area contributed by atoms with E-state index in [9.17, 15) is 9.50 Å². The minimum Gasteiger partial charge on any atom is -0.494 e. The highest BCUT2D eigenvalue weighted by Crippen LogP contribution is 2.27. The lowest BCUT2D eigenvalue weighted by Crippen LogP contribution is -2.02. The molecule has 1 atom stereocenters. The average molecular weight is 288 g/mol. The summed E-state index contributed by atoms with van der Waals surface area (Å²) in [5.74, 6) is 0.273. The summed E-state index contributed by atoms with van der Waals surface area (Å²) in [5, 5.41) is 10.5. The van der Waals surface area contributed by atoms with Crippen LogP contribution in [-0.2, 0) is 6.42 Å². The topological polar surface area (TPSA) is 29.5 Å². The third kappa shape index (κ3) is 3.82. The molecule has 2 rings (SSSR count). The summed E-state index contributed by atoms with van der Waals surface area (Å²) >= 11 is 0. The predicted molar refractivity (Wildman–Crippen MR) is 82.0 cm³/mol. The molecule has 0 aliphatic carbocycles. The molecular formula is C18H21FO2. The number of hydrogen-bond acceptors (Lipinski definition) is 2. The van der Waals surface area contributed by atoms with Crippen molar-refractivity contribution >= 4 is 0 Å². The maximum absolute atomic E-state index is 13.4. The second-order valence-corrected chi connectivity index (χ2v) is 5.64. The van der Waals surface area contributed by atoms with Crippen LogP contribution in [0.3, 0.4) is 0 Å². The molecule has 21 heavy (non-hydrogen) atoms. The summed E-state index contributed by atoms with van der Waals surface area (Å²) < 4.78 is 18.4. The largest absolute Gasteiger partial charge is 0.494 e. The van der Waals surface area contributed by atoms with E-state index in [1.54, 1.807) is 6.07 Å². The Bertz CT molecular complexity index is 608. The molecule has 0 bridgehead atoms. The first-order valence-electron chi connectivity index (χ1n) is 7.11. The van der Waals surface area contributed by atoms with E-state index in [1.165, 1.54) is 24.8 Å². The highest BCUT2D eigenvalue weighted by atomic mass is 19.1. The van der Waals surface area contributed by atoms with Crippen molar-refractivity contribution in [3.05, 3.63) is 65.0 Å². The number of aliphatic hydroxyl groups is 1. The van der Waals surface area contributed by atoms with Gasteiger partial charge in [-0.2, -0.15) is 0 Å². The normalized spacial score (nSPS) is 12.5. The van der Waals surface area contributed by atoms with Gasteiger partial charge in [-0.25, -0.2) is 4.39 Å². The van der Waals surface area contributed by atoms with Crippen molar-refractivity contribution in [2.75, 3.05) is 7.11 Å². The van der Waals surface area contributed by atoms with Gasteiger partial charge in [-0.15, -0.1) is 0 Å². The Hall–Kier alpha value is -1.87. The minimum absolute atomic E-state index is 0.143. The van der Waals surface area contributed by atoms with E-state index in [-0.39, 0.29) is 5.75 Å². The van der Waals surface area contributed by atoms with Crippen LogP contribution in [0.2, 0.25) is 0 Å². The zero-order valence-corrected chi connectivity index (χ0v) is 12.6. The Labute approximate surface area is 125 Å². The van der Waals surface area contributed by atoms with Gasteiger partial charge in [0.1, 0.15) is 6.10 Å². The predicted octanol–water partition coefficient (Wildman–Crippen LogP) is 4.11. The Balaban J connectivity index is 2.29. The SMILES string of the molecule is COc1cc(C(O)c2cccc(CC(C)C)c2)ccc1F.